The Morgan fingerprint density at radius 1 is 0.921 bits per heavy atom. The van der Waals surface area contributed by atoms with Crippen LogP contribution in [0, 0.1) is 0 Å². The second-order valence-corrected chi connectivity index (χ2v) is 9.53. The first kappa shape index (κ1) is 27.3. The second kappa shape index (κ2) is 13.2. The second-order valence-electron chi connectivity index (χ2n) is 7.78. The Hall–Kier alpha value is -3.73. The summed E-state index contributed by atoms with van der Waals surface area (Å²) in [4.78, 5) is 24.9. The molecule has 0 saturated carbocycles. The van der Waals surface area contributed by atoms with Crippen molar-refractivity contribution in [3.05, 3.63) is 88.7 Å². The van der Waals surface area contributed by atoms with Crippen LogP contribution in [-0.2, 0) is 16.1 Å². The molecule has 0 spiro atoms. The third kappa shape index (κ3) is 7.41. The summed E-state index contributed by atoms with van der Waals surface area (Å²) < 4.78 is 12.3. The molecule has 0 aliphatic rings. The van der Waals surface area contributed by atoms with E-state index in [4.69, 9.17) is 32.7 Å². The Bertz CT molecular complexity index is 1400. The highest BCUT2D eigenvalue weighted by molar-refractivity contribution is 7.99. The molecule has 0 aliphatic carbocycles. The van der Waals surface area contributed by atoms with E-state index in [1.165, 1.54) is 11.8 Å². The normalized spacial score (nSPS) is 10.6. The van der Waals surface area contributed by atoms with E-state index >= 15 is 0 Å². The van der Waals surface area contributed by atoms with Gasteiger partial charge in [0.05, 0.1) is 35.1 Å². The molecule has 1 heterocycles. The predicted octanol–water partition coefficient (Wildman–Crippen LogP) is 5.01. The summed E-state index contributed by atoms with van der Waals surface area (Å²) in [7, 11) is 1.58. The number of carbonyl (C=O) groups is 2. The van der Waals surface area contributed by atoms with Crippen molar-refractivity contribution in [2.75, 3.05) is 24.8 Å². The van der Waals surface area contributed by atoms with Gasteiger partial charge in [-0.05, 0) is 54.6 Å². The molecule has 2 amide bonds. The van der Waals surface area contributed by atoms with Gasteiger partial charge in [0, 0.05) is 5.69 Å². The van der Waals surface area contributed by atoms with Crippen LogP contribution in [0.1, 0.15) is 5.82 Å². The lowest BCUT2D eigenvalue weighted by atomic mass is 10.3. The van der Waals surface area contributed by atoms with Crippen LogP contribution in [0.5, 0.6) is 11.5 Å². The molecule has 12 heteroatoms. The van der Waals surface area contributed by atoms with Crippen LogP contribution < -0.4 is 20.1 Å². The van der Waals surface area contributed by atoms with E-state index in [9.17, 15) is 9.59 Å². The lowest BCUT2D eigenvalue weighted by Crippen LogP contribution is -2.29. The molecule has 1 aromatic heterocycles. The summed E-state index contributed by atoms with van der Waals surface area (Å²) in [6.45, 7) is -0.0824. The van der Waals surface area contributed by atoms with Crippen LogP contribution in [-0.4, -0.2) is 46.0 Å². The van der Waals surface area contributed by atoms with Crippen molar-refractivity contribution in [3.8, 4) is 17.2 Å². The first-order chi connectivity index (χ1) is 18.4. The number of anilines is 1. The van der Waals surface area contributed by atoms with E-state index < -0.39 is 0 Å². The number of methoxy groups -OCH3 is 1. The molecule has 4 rings (SSSR count). The molecule has 0 saturated heterocycles. The van der Waals surface area contributed by atoms with E-state index in [1.807, 2.05) is 18.2 Å². The summed E-state index contributed by atoms with van der Waals surface area (Å²) in [5.74, 6) is 1.24. The molecule has 9 nitrogen and oxygen atoms in total. The minimum atomic E-state index is -0.328. The number of carbonyl (C=O) groups excluding carboxylic acids is 2. The van der Waals surface area contributed by atoms with Gasteiger partial charge in [-0.15, -0.1) is 10.2 Å². The number of nitrogens with one attached hydrogen (secondary N) is 2. The minimum absolute atomic E-state index is 0.0722. The molecule has 0 bridgehead atoms. The molecule has 3 aromatic carbocycles. The topological polar surface area (TPSA) is 107 Å². The molecule has 2 N–H and O–H groups in total. The third-order valence-corrected chi connectivity index (χ3v) is 6.79. The number of aromatic nitrogens is 3. The number of ether oxygens (including phenoxy) is 2. The van der Waals surface area contributed by atoms with Crippen molar-refractivity contribution in [1.82, 2.24) is 20.1 Å². The molecule has 38 heavy (non-hydrogen) atoms. The van der Waals surface area contributed by atoms with Gasteiger partial charge in [0.25, 0.3) is 5.91 Å². The van der Waals surface area contributed by atoms with Gasteiger partial charge in [0.1, 0.15) is 11.5 Å². The summed E-state index contributed by atoms with van der Waals surface area (Å²) in [6.07, 6.45) is 0. The number of thioether (sulfide) groups is 1. The van der Waals surface area contributed by atoms with Crippen LogP contribution in [0.25, 0.3) is 5.69 Å². The SMILES string of the molecule is COc1ccc(NC(=O)CSc2nnc(CNC(=O)COc3ccccc3)n2-c2ccc(Cl)c(Cl)c2)cc1. The lowest BCUT2D eigenvalue weighted by molar-refractivity contribution is -0.123. The highest BCUT2D eigenvalue weighted by Crippen LogP contribution is 2.28. The van der Waals surface area contributed by atoms with Gasteiger partial charge in [0.2, 0.25) is 5.91 Å². The van der Waals surface area contributed by atoms with E-state index in [0.29, 0.717) is 43.9 Å². The third-order valence-electron chi connectivity index (χ3n) is 5.12. The Balaban J connectivity index is 1.44. The van der Waals surface area contributed by atoms with E-state index in [1.54, 1.807) is 66.3 Å². The van der Waals surface area contributed by atoms with Crippen molar-refractivity contribution in [1.29, 1.82) is 0 Å². The molecule has 0 aliphatic heterocycles. The zero-order chi connectivity index (χ0) is 26.9. The number of halogens is 2. The highest BCUT2D eigenvalue weighted by atomic mass is 35.5. The fraction of sp³-hybridized carbons (Fsp3) is 0.154. The van der Waals surface area contributed by atoms with Crippen molar-refractivity contribution >= 4 is 52.5 Å². The smallest absolute Gasteiger partial charge is 0.258 e. The van der Waals surface area contributed by atoms with Crippen LogP contribution >= 0.6 is 35.0 Å². The number of hydrogen-bond acceptors (Lipinski definition) is 7. The molecule has 0 unspecified atom stereocenters. The van der Waals surface area contributed by atoms with Gasteiger partial charge in [-0.2, -0.15) is 0 Å². The Labute approximate surface area is 233 Å². The zero-order valence-corrected chi connectivity index (χ0v) is 22.5. The average Bonchev–Trinajstić information content (AvgIpc) is 3.35. The molecule has 0 radical (unpaired) electrons. The quantitative estimate of drug-likeness (QED) is 0.244. The van der Waals surface area contributed by atoms with Crippen LogP contribution in [0.4, 0.5) is 5.69 Å². The molecule has 196 valence electrons. The molecule has 0 fully saturated rings. The van der Waals surface area contributed by atoms with Crippen molar-refractivity contribution in [2.24, 2.45) is 0 Å². The maximum Gasteiger partial charge on any atom is 0.258 e. The van der Waals surface area contributed by atoms with Gasteiger partial charge in [-0.3, -0.25) is 14.2 Å². The largest absolute Gasteiger partial charge is 0.497 e. The molecular weight excluding hydrogens is 549 g/mol. The van der Waals surface area contributed by atoms with Gasteiger partial charge in [-0.25, -0.2) is 0 Å². The van der Waals surface area contributed by atoms with Gasteiger partial charge < -0.3 is 20.1 Å². The van der Waals surface area contributed by atoms with E-state index in [0.717, 1.165) is 0 Å². The lowest BCUT2D eigenvalue weighted by Gasteiger charge is -2.12. The first-order valence-electron chi connectivity index (χ1n) is 11.3. The Kier molecular flexibility index (Phi) is 9.47. The van der Waals surface area contributed by atoms with Crippen molar-refractivity contribution < 1.29 is 19.1 Å². The monoisotopic (exact) mass is 571 g/mol. The number of para-hydroxylation sites is 1. The van der Waals surface area contributed by atoms with Gasteiger partial charge >= 0.3 is 0 Å². The molecule has 4 aromatic rings. The standard InChI is InChI=1S/C26H23Cl2N5O4S/c1-36-19-10-7-17(8-11-19)30-25(35)16-38-26-32-31-23(33(26)18-9-12-21(27)22(28)13-18)14-29-24(34)15-37-20-5-3-2-4-6-20/h2-13H,14-16H2,1H3,(H,29,34)(H,30,35). The zero-order valence-electron chi connectivity index (χ0n) is 20.2. The van der Waals surface area contributed by atoms with E-state index in [-0.39, 0.29) is 30.7 Å². The summed E-state index contributed by atoms with van der Waals surface area (Å²) in [5.41, 5.74) is 1.27. The summed E-state index contributed by atoms with van der Waals surface area (Å²) >= 11 is 13.5. The molecule has 0 atom stereocenters. The Morgan fingerprint density at radius 2 is 1.68 bits per heavy atom. The van der Waals surface area contributed by atoms with E-state index in [2.05, 4.69) is 20.8 Å². The first-order valence-corrected chi connectivity index (χ1v) is 13.1. The molecular formula is C26H23Cl2N5O4S. The number of benzene rings is 3. The number of nitrogens with zero attached hydrogens (tertiary/aromatic N) is 3. The fourth-order valence-electron chi connectivity index (χ4n) is 3.29. The maximum absolute atomic E-state index is 12.6. The minimum Gasteiger partial charge on any atom is -0.497 e. The number of amides is 2. The predicted molar refractivity (Wildman–Crippen MR) is 148 cm³/mol. The van der Waals surface area contributed by atoms with Gasteiger partial charge in [-0.1, -0.05) is 53.2 Å². The highest BCUT2D eigenvalue weighted by Gasteiger charge is 2.18. The average molecular weight is 572 g/mol. The van der Waals surface area contributed by atoms with Crippen LogP contribution in [0.3, 0.4) is 0 Å². The maximum atomic E-state index is 12.6. The Morgan fingerprint density at radius 3 is 2.39 bits per heavy atom. The van der Waals surface area contributed by atoms with Gasteiger partial charge in [0.15, 0.2) is 17.6 Å². The van der Waals surface area contributed by atoms with Crippen LogP contribution in [0.15, 0.2) is 78.0 Å². The summed E-state index contributed by atoms with van der Waals surface area (Å²) in [6, 6.07) is 21.1. The number of hydrogen-bond donors (Lipinski definition) is 2. The number of rotatable bonds is 11. The summed E-state index contributed by atoms with van der Waals surface area (Å²) in [5, 5.41) is 15.3. The van der Waals surface area contributed by atoms with Crippen molar-refractivity contribution in [3.63, 3.8) is 0 Å². The van der Waals surface area contributed by atoms with Crippen LogP contribution in [0.2, 0.25) is 10.0 Å². The van der Waals surface area contributed by atoms with Crippen molar-refractivity contribution in [2.45, 2.75) is 11.7 Å². The fourth-order valence-corrected chi connectivity index (χ4v) is 4.35.